The topological polar surface area (TPSA) is 33.3 Å². The lowest BCUT2D eigenvalue weighted by Gasteiger charge is -2.27. The molecule has 2 N–H and O–H groups in total. The average Bonchev–Trinajstić information content (AvgIpc) is 2.38. The van der Waals surface area contributed by atoms with Gasteiger partial charge >= 0.3 is 0 Å². The molecule has 1 aliphatic heterocycles. The summed E-state index contributed by atoms with van der Waals surface area (Å²) in [6.07, 6.45) is 2.43. The largest absolute Gasteiger partial charge is 0.486 e. The molecule has 1 aromatic carbocycles. The molecule has 2 rings (SSSR count). The number of hydrogen-bond acceptors (Lipinski definition) is 3. The van der Waals surface area contributed by atoms with Crippen molar-refractivity contribution in [2.75, 3.05) is 25.0 Å². The smallest absolute Gasteiger partial charge is 0.142 e. The summed E-state index contributed by atoms with van der Waals surface area (Å²) in [6.45, 7) is 7.27. The molecule has 1 heterocycles. The van der Waals surface area contributed by atoms with Crippen LogP contribution in [0.15, 0.2) is 18.2 Å². The van der Waals surface area contributed by atoms with E-state index in [1.54, 1.807) is 0 Å². The second-order valence-electron chi connectivity index (χ2n) is 4.46. The van der Waals surface area contributed by atoms with E-state index in [9.17, 15) is 0 Å². The first kappa shape index (κ1) is 12.2. The van der Waals surface area contributed by atoms with Gasteiger partial charge in [0.15, 0.2) is 0 Å². The Labute approximate surface area is 104 Å². The molecule has 0 saturated heterocycles. The minimum atomic E-state index is 0.315. The summed E-state index contributed by atoms with van der Waals surface area (Å²) in [5.74, 6) is 0.996. The van der Waals surface area contributed by atoms with E-state index in [0.29, 0.717) is 6.10 Å². The van der Waals surface area contributed by atoms with Crippen LogP contribution in [0.3, 0.4) is 0 Å². The van der Waals surface area contributed by atoms with Crippen molar-refractivity contribution in [3.05, 3.63) is 23.8 Å². The zero-order valence-electron chi connectivity index (χ0n) is 10.8. The predicted molar refractivity (Wildman–Crippen MR) is 71.9 cm³/mol. The summed E-state index contributed by atoms with van der Waals surface area (Å²) in [7, 11) is 0. The van der Waals surface area contributed by atoms with E-state index in [0.717, 1.165) is 43.9 Å². The maximum absolute atomic E-state index is 5.88. The van der Waals surface area contributed by atoms with Crippen molar-refractivity contribution in [3.8, 4) is 5.75 Å². The van der Waals surface area contributed by atoms with Crippen LogP contribution in [-0.2, 0) is 6.42 Å². The summed E-state index contributed by atoms with van der Waals surface area (Å²) in [5, 5.41) is 6.79. The number of rotatable bonds is 5. The van der Waals surface area contributed by atoms with Crippen LogP contribution in [0.2, 0.25) is 0 Å². The Kier molecular flexibility index (Phi) is 4.26. The van der Waals surface area contributed by atoms with Crippen molar-refractivity contribution < 1.29 is 4.74 Å². The second-order valence-corrected chi connectivity index (χ2v) is 4.46. The first-order valence-electron chi connectivity index (χ1n) is 6.57. The molecule has 0 bridgehead atoms. The van der Waals surface area contributed by atoms with Gasteiger partial charge in [0.05, 0.1) is 12.2 Å². The molecule has 0 radical (unpaired) electrons. The molecule has 3 heteroatoms. The van der Waals surface area contributed by atoms with Gasteiger partial charge in [-0.1, -0.05) is 19.9 Å². The maximum atomic E-state index is 5.88. The molecule has 0 spiro atoms. The molecule has 3 nitrogen and oxygen atoms in total. The highest BCUT2D eigenvalue weighted by molar-refractivity contribution is 5.59. The molecule has 0 aromatic heterocycles. The van der Waals surface area contributed by atoms with Gasteiger partial charge in [-0.05, 0) is 43.6 Å². The standard InChI is InChI=1S/C14H22N2O/c1-3-12-10-16-13-9-11(7-8-15-4-2)5-6-14(13)17-12/h5-6,9,12,15-16H,3-4,7-8,10H2,1-2H3. The van der Waals surface area contributed by atoms with Gasteiger partial charge in [-0.25, -0.2) is 0 Å². The molecule has 1 unspecified atom stereocenters. The van der Waals surface area contributed by atoms with Crippen LogP contribution < -0.4 is 15.4 Å². The van der Waals surface area contributed by atoms with Gasteiger partial charge in [0, 0.05) is 0 Å². The quantitative estimate of drug-likeness (QED) is 0.768. The zero-order chi connectivity index (χ0) is 12.1. The maximum Gasteiger partial charge on any atom is 0.142 e. The van der Waals surface area contributed by atoms with Crippen molar-refractivity contribution in [1.29, 1.82) is 0 Å². The molecule has 1 aromatic rings. The fourth-order valence-corrected chi connectivity index (χ4v) is 2.06. The van der Waals surface area contributed by atoms with Gasteiger partial charge in [0.2, 0.25) is 0 Å². The highest BCUT2D eigenvalue weighted by Gasteiger charge is 2.17. The number of anilines is 1. The van der Waals surface area contributed by atoms with E-state index in [-0.39, 0.29) is 0 Å². The summed E-state index contributed by atoms with van der Waals surface area (Å²) >= 11 is 0. The summed E-state index contributed by atoms with van der Waals surface area (Å²) in [5.41, 5.74) is 2.50. The lowest BCUT2D eigenvalue weighted by atomic mass is 10.1. The molecule has 1 atom stereocenters. The molecule has 17 heavy (non-hydrogen) atoms. The molecule has 0 aliphatic carbocycles. The molecular weight excluding hydrogens is 212 g/mol. The second kappa shape index (κ2) is 5.92. The lowest BCUT2D eigenvalue weighted by Crippen LogP contribution is -2.30. The Morgan fingerprint density at radius 2 is 2.29 bits per heavy atom. The van der Waals surface area contributed by atoms with Gasteiger partial charge in [-0.15, -0.1) is 0 Å². The molecular formula is C14H22N2O. The molecule has 1 aliphatic rings. The zero-order valence-corrected chi connectivity index (χ0v) is 10.8. The van der Waals surface area contributed by atoms with Crippen molar-refractivity contribution in [2.45, 2.75) is 32.8 Å². The van der Waals surface area contributed by atoms with Crippen LogP contribution in [0.1, 0.15) is 25.8 Å². The Hall–Kier alpha value is -1.22. The van der Waals surface area contributed by atoms with Crippen LogP contribution in [0.4, 0.5) is 5.69 Å². The summed E-state index contributed by atoms with van der Waals surface area (Å²) in [6, 6.07) is 6.46. The third-order valence-electron chi connectivity index (χ3n) is 3.15. The minimum Gasteiger partial charge on any atom is -0.486 e. The van der Waals surface area contributed by atoms with E-state index in [1.807, 2.05) is 0 Å². The van der Waals surface area contributed by atoms with Gasteiger partial charge in [0.1, 0.15) is 11.9 Å². The van der Waals surface area contributed by atoms with E-state index in [1.165, 1.54) is 5.56 Å². The van der Waals surface area contributed by atoms with Crippen LogP contribution in [-0.4, -0.2) is 25.7 Å². The van der Waals surface area contributed by atoms with Gasteiger partial charge in [-0.2, -0.15) is 0 Å². The number of nitrogens with one attached hydrogen (secondary N) is 2. The minimum absolute atomic E-state index is 0.315. The Bertz CT molecular complexity index is 365. The van der Waals surface area contributed by atoms with E-state index in [4.69, 9.17) is 4.74 Å². The Morgan fingerprint density at radius 1 is 1.41 bits per heavy atom. The van der Waals surface area contributed by atoms with Crippen LogP contribution in [0.25, 0.3) is 0 Å². The first-order chi connectivity index (χ1) is 8.33. The fourth-order valence-electron chi connectivity index (χ4n) is 2.06. The monoisotopic (exact) mass is 234 g/mol. The van der Waals surface area contributed by atoms with E-state index in [2.05, 4.69) is 42.7 Å². The SMILES string of the molecule is CCNCCc1ccc2c(c1)NCC(CC)O2. The van der Waals surface area contributed by atoms with Gasteiger partial charge in [-0.3, -0.25) is 0 Å². The fraction of sp³-hybridized carbons (Fsp3) is 0.571. The average molecular weight is 234 g/mol. The van der Waals surface area contributed by atoms with Gasteiger partial charge in [0.25, 0.3) is 0 Å². The highest BCUT2D eigenvalue weighted by Crippen LogP contribution is 2.30. The Morgan fingerprint density at radius 3 is 3.06 bits per heavy atom. The van der Waals surface area contributed by atoms with Crippen LogP contribution >= 0.6 is 0 Å². The van der Waals surface area contributed by atoms with Crippen molar-refractivity contribution in [2.24, 2.45) is 0 Å². The normalized spacial score (nSPS) is 18.1. The number of ether oxygens (including phenoxy) is 1. The van der Waals surface area contributed by atoms with Crippen molar-refractivity contribution in [1.82, 2.24) is 5.32 Å². The molecule has 0 amide bonds. The van der Waals surface area contributed by atoms with Crippen LogP contribution in [0.5, 0.6) is 5.75 Å². The third-order valence-corrected chi connectivity index (χ3v) is 3.15. The number of fused-ring (bicyclic) bond motifs is 1. The summed E-state index contributed by atoms with van der Waals surface area (Å²) in [4.78, 5) is 0. The molecule has 94 valence electrons. The van der Waals surface area contributed by atoms with Crippen molar-refractivity contribution >= 4 is 5.69 Å². The Balaban J connectivity index is 2.00. The highest BCUT2D eigenvalue weighted by atomic mass is 16.5. The molecule has 0 fully saturated rings. The number of benzene rings is 1. The lowest BCUT2D eigenvalue weighted by molar-refractivity contribution is 0.202. The van der Waals surface area contributed by atoms with Crippen molar-refractivity contribution in [3.63, 3.8) is 0 Å². The predicted octanol–water partition coefficient (Wildman–Crippen LogP) is 2.42. The van der Waals surface area contributed by atoms with E-state index < -0.39 is 0 Å². The van der Waals surface area contributed by atoms with E-state index >= 15 is 0 Å². The summed E-state index contributed by atoms with van der Waals surface area (Å²) < 4.78 is 5.88. The number of likely N-dealkylation sites (N-methyl/N-ethyl adjacent to an activating group) is 1. The third kappa shape index (κ3) is 3.13. The van der Waals surface area contributed by atoms with Crippen LogP contribution in [0, 0.1) is 0 Å². The number of hydrogen-bond donors (Lipinski definition) is 2. The van der Waals surface area contributed by atoms with Gasteiger partial charge < -0.3 is 15.4 Å². The first-order valence-corrected chi connectivity index (χ1v) is 6.57. The molecule has 0 saturated carbocycles.